The smallest absolute Gasteiger partial charge is 0.349 e. The van der Waals surface area contributed by atoms with Crippen molar-refractivity contribution in [1.29, 1.82) is 0 Å². The van der Waals surface area contributed by atoms with Crippen LogP contribution in [-0.2, 0) is 9.53 Å². The third-order valence-electron chi connectivity index (χ3n) is 4.35. The van der Waals surface area contributed by atoms with E-state index in [1.165, 1.54) is 20.1 Å². The lowest BCUT2D eigenvalue weighted by Gasteiger charge is -2.15. The van der Waals surface area contributed by atoms with Crippen LogP contribution in [-0.4, -0.2) is 25.1 Å². The van der Waals surface area contributed by atoms with Gasteiger partial charge in [-0.25, -0.2) is 9.18 Å². The first kappa shape index (κ1) is 19.8. The van der Waals surface area contributed by atoms with E-state index in [-0.39, 0.29) is 10.7 Å². The van der Waals surface area contributed by atoms with Crippen LogP contribution in [0.3, 0.4) is 0 Å². The maximum Gasteiger partial charge on any atom is 0.349 e. The van der Waals surface area contributed by atoms with Gasteiger partial charge in [-0.15, -0.1) is 11.3 Å². The zero-order valence-corrected chi connectivity index (χ0v) is 16.8. The van der Waals surface area contributed by atoms with Gasteiger partial charge in [-0.3, -0.25) is 4.79 Å². The zero-order chi connectivity index (χ0) is 20.4. The van der Waals surface area contributed by atoms with E-state index in [1.807, 2.05) is 13.0 Å². The number of thiophene rings is 1. The van der Waals surface area contributed by atoms with Crippen LogP contribution in [0.25, 0.3) is 10.1 Å². The molecule has 146 valence electrons. The van der Waals surface area contributed by atoms with Gasteiger partial charge in [0.15, 0.2) is 6.10 Å². The Balaban J connectivity index is 1.76. The molecule has 0 aliphatic carbocycles. The lowest BCUT2D eigenvalue weighted by molar-refractivity contribution is -0.123. The molecule has 0 saturated heterocycles. The lowest BCUT2D eigenvalue weighted by atomic mass is 10.1. The van der Waals surface area contributed by atoms with Crippen LogP contribution in [0.4, 0.5) is 10.1 Å². The van der Waals surface area contributed by atoms with Gasteiger partial charge in [0.2, 0.25) is 0 Å². The molecule has 1 amide bonds. The fourth-order valence-corrected chi connectivity index (χ4v) is 3.98. The van der Waals surface area contributed by atoms with Crippen molar-refractivity contribution < 1.29 is 23.5 Å². The molecular weight excluding hydrogens is 381 g/mol. The number of amides is 1. The number of hydrogen-bond acceptors (Lipinski definition) is 5. The number of ether oxygens (including phenoxy) is 2. The Morgan fingerprint density at radius 2 is 1.93 bits per heavy atom. The van der Waals surface area contributed by atoms with E-state index >= 15 is 0 Å². The molecule has 0 aliphatic rings. The number of carbonyl (C=O) groups excluding carboxylic acids is 2. The van der Waals surface area contributed by atoms with Gasteiger partial charge in [-0.1, -0.05) is 12.1 Å². The number of carbonyl (C=O) groups is 2. The Morgan fingerprint density at radius 3 is 2.61 bits per heavy atom. The Hall–Kier alpha value is -2.93. The van der Waals surface area contributed by atoms with Crippen LogP contribution in [0.1, 0.15) is 27.7 Å². The standard InChI is InChI=1S/C21H20FNO4S/c1-11-8-9-16(26-4)15(10-11)23-20(24)13(3)27-21(25)19-12(2)18-14(22)6-5-7-17(18)28-19/h5-10,13H,1-4H3,(H,23,24)/t13-/m0/s1. The van der Waals surface area contributed by atoms with Crippen LogP contribution in [0, 0.1) is 19.7 Å². The molecule has 0 bridgehead atoms. The average molecular weight is 401 g/mol. The topological polar surface area (TPSA) is 64.6 Å². The third-order valence-corrected chi connectivity index (χ3v) is 5.59. The minimum Gasteiger partial charge on any atom is -0.495 e. The zero-order valence-electron chi connectivity index (χ0n) is 16.0. The summed E-state index contributed by atoms with van der Waals surface area (Å²) in [6.07, 6.45) is -1.04. The average Bonchev–Trinajstić information content (AvgIpc) is 3.00. The molecule has 2 aromatic carbocycles. The molecule has 7 heteroatoms. The molecular formula is C21H20FNO4S. The van der Waals surface area contributed by atoms with Crippen molar-refractivity contribution in [1.82, 2.24) is 0 Å². The van der Waals surface area contributed by atoms with E-state index in [0.717, 1.165) is 16.9 Å². The first-order valence-corrected chi connectivity index (χ1v) is 9.47. The highest BCUT2D eigenvalue weighted by Gasteiger charge is 2.24. The van der Waals surface area contributed by atoms with E-state index in [2.05, 4.69) is 5.32 Å². The van der Waals surface area contributed by atoms with Gasteiger partial charge in [0, 0.05) is 10.1 Å². The molecule has 0 saturated carbocycles. The SMILES string of the molecule is COc1ccc(C)cc1NC(=O)[C@H](C)OC(=O)c1sc2cccc(F)c2c1C. The Kier molecular flexibility index (Phi) is 5.65. The summed E-state index contributed by atoms with van der Waals surface area (Å²) in [6.45, 7) is 5.04. The van der Waals surface area contributed by atoms with E-state index in [1.54, 1.807) is 31.2 Å². The van der Waals surface area contributed by atoms with Gasteiger partial charge in [0.05, 0.1) is 12.8 Å². The van der Waals surface area contributed by atoms with Crippen molar-refractivity contribution in [3.8, 4) is 5.75 Å². The van der Waals surface area contributed by atoms with Crippen LogP contribution < -0.4 is 10.1 Å². The van der Waals surface area contributed by atoms with Crippen molar-refractivity contribution in [2.45, 2.75) is 26.9 Å². The number of esters is 1. The summed E-state index contributed by atoms with van der Waals surface area (Å²) in [7, 11) is 1.51. The Labute approximate surface area is 166 Å². The Morgan fingerprint density at radius 1 is 1.18 bits per heavy atom. The molecule has 0 unspecified atom stereocenters. The van der Waals surface area contributed by atoms with Gasteiger partial charge >= 0.3 is 5.97 Å². The number of benzene rings is 2. The molecule has 1 heterocycles. The fourth-order valence-electron chi connectivity index (χ4n) is 2.87. The molecule has 1 atom stereocenters. The normalized spacial score (nSPS) is 11.9. The highest BCUT2D eigenvalue weighted by Crippen LogP contribution is 2.33. The minimum atomic E-state index is -1.04. The van der Waals surface area contributed by atoms with Crippen LogP contribution in [0.5, 0.6) is 5.75 Å². The number of methoxy groups -OCH3 is 1. The monoisotopic (exact) mass is 401 g/mol. The molecule has 0 aliphatic heterocycles. The maximum atomic E-state index is 14.0. The summed E-state index contributed by atoms with van der Waals surface area (Å²) in [6, 6.07) is 10.1. The van der Waals surface area contributed by atoms with Crippen molar-refractivity contribution in [3.63, 3.8) is 0 Å². The second-order valence-electron chi connectivity index (χ2n) is 6.41. The second-order valence-corrected chi connectivity index (χ2v) is 7.46. The fraction of sp³-hybridized carbons (Fsp3) is 0.238. The third kappa shape index (κ3) is 3.84. The van der Waals surface area contributed by atoms with Crippen molar-refractivity contribution >= 4 is 39.0 Å². The molecule has 3 aromatic rings. The number of hydrogen-bond donors (Lipinski definition) is 1. The summed E-state index contributed by atoms with van der Waals surface area (Å²) in [4.78, 5) is 25.3. The first-order chi connectivity index (χ1) is 13.3. The van der Waals surface area contributed by atoms with Gasteiger partial charge in [0.1, 0.15) is 16.4 Å². The molecule has 3 rings (SSSR count). The number of fused-ring (bicyclic) bond motifs is 1. The lowest BCUT2D eigenvalue weighted by Crippen LogP contribution is -2.30. The van der Waals surface area contributed by atoms with Crippen molar-refractivity contribution in [2.24, 2.45) is 0 Å². The predicted molar refractivity (Wildman–Crippen MR) is 108 cm³/mol. The quantitative estimate of drug-likeness (QED) is 0.621. The number of anilines is 1. The highest BCUT2D eigenvalue weighted by molar-refractivity contribution is 7.21. The van der Waals surface area contributed by atoms with Crippen molar-refractivity contribution in [2.75, 3.05) is 12.4 Å². The molecule has 0 fully saturated rings. The van der Waals surface area contributed by atoms with E-state index in [0.29, 0.717) is 27.1 Å². The summed E-state index contributed by atoms with van der Waals surface area (Å²) in [5.74, 6) is -1.02. The Bertz CT molecular complexity index is 1060. The second kappa shape index (κ2) is 7.98. The summed E-state index contributed by atoms with van der Waals surface area (Å²) < 4.78 is 25.3. The number of nitrogens with one attached hydrogen (secondary N) is 1. The van der Waals surface area contributed by atoms with E-state index in [9.17, 15) is 14.0 Å². The summed E-state index contributed by atoms with van der Waals surface area (Å²) in [5.41, 5.74) is 1.95. The summed E-state index contributed by atoms with van der Waals surface area (Å²) >= 11 is 1.15. The van der Waals surface area contributed by atoms with Gasteiger partial charge in [-0.05, 0) is 56.2 Å². The molecule has 28 heavy (non-hydrogen) atoms. The van der Waals surface area contributed by atoms with Gasteiger partial charge in [0.25, 0.3) is 5.91 Å². The molecule has 0 spiro atoms. The predicted octanol–water partition coefficient (Wildman–Crippen LogP) is 4.85. The number of halogens is 1. The first-order valence-electron chi connectivity index (χ1n) is 8.66. The van der Waals surface area contributed by atoms with E-state index in [4.69, 9.17) is 9.47 Å². The minimum absolute atomic E-state index is 0.285. The molecule has 1 aromatic heterocycles. The van der Waals surface area contributed by atoms with Crippen LogP contribution in [0.15, 0.2) is 36.4 Å². The van der Waals surface area contributed by atoms with Gasteiger partial charge in [-0.2, -0.15) is 0 Å². The van der Waals surface area contributed by atoms with Crippen molar-refractivity contribution in [3.05, 3.63) is 58.2 Å². The highest BCUT2D eigenvalue weighted by atomic mass is 32.1. The maximum absolute atomic E-state index is 14.0. The summed E-state index contributed by atoms with van der Waals surface area (Å²) in [5, 5.41) is 3.12. The molecule has 1 N–H and O–H groups in total. The van der Waals surface area contributed by atoms with E-state index < -0.39 is 18.0 Å². The van der Waals surface area contributed by atoms with Gasteiger partial charge < -0.3 is 14.8 Å². The van der Waals surface area contributed by atoms with Crippen LogP contribution in [0.2, 0.25) is 0 Å². The number of aryl methyl sites for hydroxylation is 2. The number of rotatable bonds is 5. The van der Waals surface area contributed by atoms with Crippen LogP contribution >= 0.6 is 11.3 Å². The molecule has 0 radical (unpaired) electrons. The largest absolute Gasteiger partial charge is 0.495 e. The molecule has 5 nitrogen and oxygen atoms in total.